The Morgan fingerprint density at radius 2 is 2.33 bits per heavy atom. The maximum Gasteiger partial charge on any atom is 0.187 e. The van der Waals surface area contributed by atoms with Crippen molar-refractivity contribution in [3.8, 4) is 0 Å². The molecule has 1 aliphatic heterocycles. The zero-order chi connectivity index (χ0) is 4.57. The summed E-state index contributed by atoms with van der Waals surface area (Å²) in [7, 11) is 0. The second-order valence-electron chi connectivity index (χ2n) is 0.984. The Balaban J connectivity index is 2.75. The van der Waals surface area contributed by atoms with Crippen LogP contribution in [-0.4, -0.2) is 11.7 Å². The van der Waals surface area contributed by atoms with Crippen LogP contribution in [0.2, 0.25) is 0 Å². The van der Waals surface area contributed by atoms with E-state index in [-0.39, 0.29) is 11.7 Å². The second kappa shape index (κ2) is 0.707. The zero-order valence-electron chi connectivity index (χ0n) is 3.02. The lowest BCUT2D eigenvalue weighted by Crippen LogP contribution is -2.43. The van der Waals surface area contributed by atoms with E-state index < -0.39 is 0 Å². The highest BCUT2D eigenvalue weighted by molar-refractivity contribution is 6.42. The van der Waals surface area contributed by atoms with Gasteiger partial charge in [-0.05, 0) is 0 Å². The van der Waals surface area contributed by atoms with Crippen LogP contribution < -0.4 is 11.2 Å². The van der Waals surface area contributed by atoms with Gasteiger partial charge in [-0.25, -0.2) is 0 Å². The number of nitrogens with zero attached hydrogens (tertiary/aromatic N) is 1. The summed E-state index contributed by atoms with van der Waals surface area (Å²) in [6, 6.07) is 0. The fourth-order valence-electron chi connectivity index (χ4n) is 0.176. The SMILES string of the molecule is N=C1NN=C1N. The molecule has 0 aromatic rings. The summed E-state index contributed by atoms with van der Waals surface area (Å²) in [5, 5.41) is 10.0. The molecule has 6 heavy (non-hydrogen) atoms. The van der Waals surface area contributed by atoms with Crippen LogP contribution in [0.5, 0.6) is 0 Å². The van der Waals surface area contributed by atoms with Crippen molar-refractivity contribution < 1.29 is 0 Å². The van der Waals surface area contributed by atoms with E-state index in [1.54, 1.807) is 0 Å². The maximum atomic E-state index is 6.67. The van der Waals surface area contributed by atoms with Gasteiger partial charge in [0, 0.05) is 0 Å². The Kier molecular flexibility index (Phi) is 0.370. The predicted molar refractivity (Wildman–Crippen MR) is 22.5 cm³/mol. The summed E-state index contributed by atoms with van der Waals surface area (Å²) in [5.41, 5.74) is 7.29. The van der Waals surface area contributed by atoms with Crippen LogP contribution in [0.15, 0.2) is 5.10 Å². The third kappa shape index (κ3) is 0.176. The summed E-state index contributed by atoms with van der Waals surface area (Å²) in [6.07, 6.45) is 0. The lowest BCUT2D eigenvalue weighted by atomic mass is 10.5. The molecule has 32 valence electrons. The molecule has 4 heteroatoms. The Morgan fingerprint density at radius 1 is 1.83 bits per heavy atom. The molecule has 0 aliphatic carbocycles. The molecular weight excluding hydrogens is 80.0 g/mol. The standard InChI is InChI=1S/C2H4N4/c3-1-2(4)6-5-1/h(H2,3,5)(H2,4,6). The quantitative estimate of drug-likeness (QED) is 0.346. The van der Waals surface area contributed by atoms with Crippen molar-refractivity contribution in [2.24, 2.45) is 10.8 Å². The number of hydrogen-bond donors (Lipinski definition) is 3. The molecular formula is C2H4N4. The van der Waals surface area contributed by atoms with Gasteiger partial charge in [0.1, 0.15) is 0 Å². The molecule has 0 saturated heterocycles. The van der Waals surface area contributed by atoms with E-state index >= 15 is 0 Å². The third-order valence-electron chi connectivity index (χ3n) is 0.544. The number of hydrogen-bond acceptors (Lipinski definition) is 3. The Bertz CT molecular complexity index is 113. The monoisotopic (exact) mass is 84.0 g/mol. The van der Waals surface area contributed by atoms with Gasteiger partial charge in [0.15, 0.2) is 11.7 Å². The maximum absolute atomic E-state index is 6.67. The molecule has 0 spiro atoms. The van der Waals surface area contributed by atoms with E-state index in [9.17, 15) is 0 Å². The van der Waals surface area contributed by atoms with Crippen LogP contribution in [0, 0.1) is 5.41 Å². The van der Waals surface area contributed by atoms with Crippen LogP contribution >= 0.6 is 0 Å². The van der Waals surface area contributed by atoms with Crippen molar-refractivity contribution in [3.05, 3.63) is 0 Å². The van der Waals surface area contributed by atoms with E-state index in [1.165, 1.54) is 0 Å². The Morgan fingerprint density at radius 3 is 2.33 bits per heavy atom. The van der Waals surface area contributed by atoms with E-state index in [2.05, 4.69) is 10.5 Å². The minimum atomic E-state index is 0.218. The minimum absolute atomic E-state index is 0.218. The molecule has 0 bridgehead atoms. The number of rotatable bonds is 0. The smallest absolute Gasteiger partial charge is 0.187 e. The van der Waals surface area contributed by atoms with Gasteiger partial charge in [0.25, 0.3) is 0 Å². The predicted octanol–water partition coefficient (Wildman–Crippen LogP) is -1.16. The molecule has 0 saturated carbocycles. The van der Waals surface area contributed by atoms with Crippen LogP contribution in [0.1, 0.15) is 0 Å². The highest BCUT2D eigenvalue weighted by Gasteiger charge is 2.07. The molecule has 0 atom stereocenters. The number of amidine groups is 2. The van der Waals surface area contributed by atoms with Gasteiger partial charge >= 0.3 is 0 Å². The third-order valence-corrected chi connectivity index (χ3v) is 0.544. The molecule has 0 aromatic carbocycles. The first-order chi connectivity index (χ1) is 2.80. The fraction of sp³-hybridized carbons (Fsp3) is 0. The average Bonchev–Trinajstić information content (AvgIpc) is 1.61. The Labute approximate surface area is 34.5 Å². The molecule has 4 N–H and O–H groups in total. The van der Waals surface area contributed by atoms with Gasteiger partial charge < -0.3 is 5.73 Å². The van der Waals surface area contributed by atoms with Crippen molar-refractivity contribution in [3.63, 3.8) is 0 Å². The zero-order valence-corrected chi connectivity index (χ0v) is 3.02. The molecule has 0 aromatic heterocycles. The molecule has 1 rings (SSSR count). The second-order valence-corrected chi connectivity index (χ2v) is 0.984. The molecule has 0 fully saturated rings. The molecule has 1 heterocycles. The van der Waals surface area contributed by atoms with E-state index in [0.717, 1.165) is 0 Å². The van der Waals surface area contributed by atoms with Gasteiger partial charge in [0.05, 0.1) is 0 Å². The molecule has 4 nitrogen and oxygen atoms in total. The first-order valence-corrected chi connectivity index (χ1v) is 1.49. The summed E-state index contributed by atoms with van der Waals surface area (Å²) in [4.78, 5) is 0. The summed E-state index contributed by atoms with van der Waals surface area (Å²) in [6.45, 7) is 0. The molecule has 1 aliphatic rings. The van der Waals surface area contributed by atoms with Crippen molar-refractivity contribution >= 4 is 11.7 Å². The Hall–Kier alpha value is -1.06. The number of nitrogens with one attached hydrogen (secondary N) is 2. The molecule has 0 radical (unpaired) electrons. The topological polar surface area (TPSA) is 74.3 Å². The first-order valence-electron chi connectivity index (χ1n) is 1.49. The highest BCUT2D eigenvalue weighted by Crippen LogP contribution is 1.77. The lowest BCUT2D eigenvalue weighted by molar-refractivity contribution is 0.967. The van der Waals surface area contributed by atoms with E-state index in [1.807, 2.05) is 0 Å². The average molecular weight is 84.1 g/mol. The van der Waals surface area contributed by atoms with Crippen LogP contribution in [-0.2, 0) is 0 Å². The first kappa shape index (κ1) is 3.14. The number of nitrogens with two attached hydrogens (primary N) is 1. The van der Waals surface area contributed by atoms with Crippen molar-refractivity contribution in [2.75, 3.05) is 0 Å². The van der Waals surface area contributed by atoms with E-state index in [0.29, 0.717) is 0 Å². The highest BCUT2D eigenvalue weighted by atomic mass is 15.4. The normalized spacial score (nSPS) is 18.0. The molecule has 0 amide bonds. The van der Waals surface area contributed by atoms with Crippen LogP contribution in [0.3, 0.4) is 0 Å². The number of hydrazone groups is 1. The van der Waals surface area contributed by atoms with Gasteiger partial charge in [-0.15, -0.1) is 0 Å². The van der Waals surface area contributed by atoms with Crippen LogP contribution in [0.25, 0.3) is 0 Å². The van der Waals surface area contributed by atoms with E-state index in [4.69, 9.17) is 11.1 Å². The van der Waals surface area contributed by atoms with Gasteiger partial charge in [-0.2, -0.15) is 5.10 Å². The van der Waals surface area contributed by atoms with Crippen LogP contribution in [0.4, 0.5) is 0 Å². The lowest BCUT2D eigenvalue weighted by Gasteiger charge is -2.09. The summed E-state index contributed by atoms with van der Waals surface area (Å²) in [5.74, 6) is 0.505. The van der Waals surface area contributed by atoms with Gasteiger partial charge in [0.2, 0.25) is 0 Å². The minimum Gasteiger partial charge on any atom is -0.379 e. The largest absolute Gasteiger partial charge is 0.379 e. The van der Waals surface area contributed by atoms with Gasteiger partial charge in [-0.1, -0.05) is 0 Å². The fourth-order valence-corrected chi connectivity index (χ4v) is 0.176. The summed E-state index contributed by atoms with van der Waals surface area (Å²) >= 11 is 0. The van der Waals surface area contributed by atoms with Crippen molar-refractivity contribution in [1.82, 2.24) is 5.43 Å². The van der Waals surface area contributed by atoms with Gasteiger partial charge in [-0.3, -0.25) is 10.8 Å². The molecule has 0 unspecified atom stereocenters. The summed E-state index contributed by atoms with van der Waals surface area (Å²) < 4.78 is 0. The van der Waals surface area contributed by atoms with Crippen molar-refractivity contribution in [1.29, 1.82) is 5.41 Å². The van der Waals surface area contributed by atoms with Crippen molar-refractivity contribution in [2.45, 2.75) is 0 Å².